The molecule has 1 aliphatic heterocycles. The molecule has 0 N–H and O–H groups in total. The van der Waals surface area contributed by atoms with Crippen LogP contribution in [0.1, 0.15) is 43.0 Å². The van der Waals surface area contributed by atoms with Crippen molar-refractivity contribution in [3.05, 3.63) is 18.0 Å². The number of aromatic nitrogens is 2. The maximum atomic E-state index is 12.5. The molecule has 3 rings (SSSR count). The van der Waals surface area contributed by atoms with Gasteiger partial charge in [0.25, 0.3) is 5.91 Å². The molecule has 5 nitrogen and oxygen atoms in total. The number of amides is 1. The molecule has 1 saturated carbocycles. The Balaban J connectivity index is 1.72. The smallest absolute Gasteiger partial charge is 0.257 e. The zero-order valence-corrected chi connectivity index (χ0v) is 11.5. The first-order valence-electron chi connectivity index (χ1n) is 7.18. The van der Waals surface area contributed by atoms with Crippen molar-refractivity contribution in [1.29, 1.82) is 0 Å². The minimum Gasteiger partial charge on any atom is -0.371 e. The SMILES string of the molecule is CCn1cc(C(=O)N2CCOC3(CCCC3)C2)cn1. The summed E-state index contributed by atoms with van der Waals surface area (Å²) in [7, 11) is 0. The molecule has 1 spiro atoms. The van der Waals surface area contributed by atoms with Gasteiger partial charge in [-0.3, -0.25) is 9.48 Å². The maximum absolute atomic E-state index is 12.5. The van der Waals surface area contributed by atoms with Gasteiger partial charge in [0.05, 0.1) is 30.5 Å². The van der Waals surface area contributed by atoms with Gasteiger partial charge in [0, 0.05) is 19.3 Å². The van der Waals surface area contributed by atoms with Crippen molar-refractivity contribution in [3.63, 3.8) is 0 Å². The predicted octanol–water partition coefficient (Wildman–Crippen LogP) is 1.69. The second-order valence-electron chi connectivity index (χ2n) is 5.55. The third-order valence-corrected chi connectivity index (χ3v) is 4.25. The fraction of sp³-hybridized carbons (Fsp3) is 0.714. The predicted molar refractivity (Wildman–Crippen MR) is 71.0 cm³/mol. The van der Waals surface area contributed by atoms with E-state index in [-0.39, 0.29) is 11.5 Å². The van der Waals surface area contributed by atoms with E-state index in [2.05, 4.69) is 5.10 Å². The van der Waals surface area contributed by atoms with Crippen molar-refractivity contribution in [2.75, 3.05) is 19.7 Å². The minimum atomic E-state index is -0.0609. The first-order valence-corrected chi connectivity index (χ1v) is 7.18. The van der Waals surface area contributed by atoms with Crippen molar-refractivity contribution >= 4 is 5.91 Å². The van der Waals surface area contributed by atoms with E-state index in [4.69, 9.17) is 4.74 Å². The monoisotopic (exact) mass is 263 g/mol. The molecule has 0 unspecified atom stereocenters. The van der Waals surface area contributed by atoms with Crippen LogP contribution in [0.3, 0.4) is 0 Å². The Morgan fingerprint density at radius 1 is 1.47 bits per heavy atom. The molecule has 5 heteroatoms. The summed E-state index contributed by atoms with van der Waals surface area (Å²) in [5, 5.41) is 4.18. The van der Waals surface area contributed by atoms with Crippen LogP contribution < -0.4 is 0 Å². The third kappa shape index (κ3) is 2.39. The van der Waals surface area contributed by atoms with Gasteiger partial charge in [-0.1, -0.05) is 12.8 Å². The van der Waals surface area contributed by atoms with E-state index >= 15 is 0 Å². The summed E-state index contributed by atoms with van der Waals surface area (Å²) in [6, 6.07) is 0. The number of carbonyl (C=O) groups is 1. The molecule has 0 bridgehead atoms. The van der Waals surface area contributed by atoms with Crippen LogP contribution in [-0.4, -0.2) is 45.9 Å². The van der Waals surface area contributed by atoms with Crippen LogP contribution in [0.4, 0.5) is 0 Å². The molecule has 19 heavy (non-hydrogen) atoms. The number of hydrogen-bond donors (Lipinski definition) is 0. The van der Waals surface area contributed by atoms with Gasteiger partial charge in [0.1, 0.15) is 0 Å². The van der Waals surface area contributed by atoms with Crippen molar-refractivity contribution in [1.82, 2.24) is 14.7 Å². The Morgan fingerprint density at radius 3 is 2.95 bits per heavy atom. The van der Waals surface area contributed by atoms with Crippen LogP contribution in [0.25, 0.3) is 0 Å². The minimum absolute atomic E-state index is 0.0609. The Labute approximate surface area is 113 Å². The topological polar surface area (TPSA) is 47.4 Å². The fourth-order valence-electron chi connectivity index (χ4n) is 3.17. The molecule has 1 saturated heterocycles. The lowest BCUT2D eigenvalue weighted by Gasteiger charge is -2.40. The largest absolute Gasteiger partial charge is 0.371 e. The summed E-state index contributed by atoms with van der Waals surface area (Å²) in [4.78, 5) is 14.4. The van der Waals surface area contributed by atoms with E-state index in [1.54, 1.807) is 10.9 Å². The summed E-state index contributed by atoms with van der Waals surface area (Å²) in [6.45, 7) is 4.90. The van der Waals surface area contributed by atoms with Crippen molar-refractivity contribution in [2.24, 2.45) is 0 Å². The number of ether oxygens (including phenoxy) is 1. The molecule has 0 aromatic carbocycles. The lowest BCUT2D eigenvalue weighted by atomic mass is 9.99. The number of morpholine rings is 1. The van der Waals surface area contributed by atoms with Gasteiger partial charge >= 0.3 is 0 Å². The van der Waals surface area contributed by atoms with Gasteiger partial charge in [-0.05, 0) is 19.8 Å². The molecular weight excluding hydrogens is 242 g/mol. The van der Waals surface area contributed by atoms with E-state index < -0.39 is 0 Å². The van der Waals surface area contributed by atoms with E-state index in [1.165, 1.54) is 12.8 Å². The van der Waals surface area contributed by atoms with Gasteiger partial charge in [0.15, 0.2) is 0 Å². The lowest BCUT2D eigenvalue weighted by molar-refractivity contribution is -0.0948. The van der Waals surface area contributed by atoms with Crippen molar-refractivity contribution in [3.8, 4) is 0 Å². The summed E-state index contributed by atoms with van der Waals surface area (Å²) in [5.74, 6) is 0.0919. The van der Waals surface area contributed by atoms with Gasteiger partial charge in [-0.2, -0.15) is 5.10 Å². The first kappa shape index (κ1) is 12.7. The second-order valence-corrected chi connectivity index (χ2v) is 5.55. The lowest BCUT2D eigenvalue weighted by Crippen LogP contribution is -2.52. The van der Waals surface area contributed by atoms with Crippen LogP contribution in [0.15, 0.2) is 12.4 Å². The Morgan fingerprint density at radius 2 is 2.26 bits per heavy atom. The van der Waals surface area contributed by atoms with Gasteiger partial charge in [-0.15, -0.1) is 0 Å². The number of nitrogens with zero attached hydrogens (tertiary/aromatic N) is 3. The molecule has 2 aliphatic rings. The molecule has 0 atom stereocenters. The molecule has 2 fully saturated rings. The molecule has 2 heterocycles. The molecule has 0 radical (unpaired) electrons. The Hall–Kier alpha value is -1.36. The Bertz CT molecular complexity index is 463. The standard InChI is InChI=1S/C14H21N3O2/c1-2-17-10-12(9-15-17)13(18)16-7-8-19-14(11-16)5-3-4-6-14/h9-10H,2-8,11H2,1H3. The average molecular weight is 263 g/mol. The third-order valence-electron chi connectivity index (χ3n) is 4.25. The van der Waals surface area contributed by atoms with E-state index in [1.807, 2.05) is 18.0 Å². The molecular formula is C14H21N3O2. The maximum Gasteiger partial charge on any atom is 0.257 e. The number of aryl methyl sites for hydroxylation is 1. The van der Waals surface area contributed by atoms with Gasteiger partial charge < -0.3 is 9.64 Å². The van der Waals surface area contributed by atoms with Gasteiger partial charge in [-0.25, -0.2) is 0 Å². The van der Waals surface area contributed by atoms with Crippen LogP contribution in [0, 0.1) is 0 Å². The highest BCUT2D eigenvalue weighted by molar-refractivity contribution is 5.93. The highest BCUT2D eigenvalue weighted by Gasteiger charge is 2.40. The van der Waals surface area contributed by atoms with Gasteiger partial charge in [0.2, 0.25) is 0 Å². The summed E-state index contributed by atoms with van der Waals surface area (Å²) >= 11 is 0. The molecule has 1 amide bonds. The van der Waals surface area contributed by atoms with Crippen LogP contribution in [-0.2, 0) is 11.3 Å². The average Bonchev–Trinajstić information content (AvgIpc) is 3.07. The number of rotatable bonds is 2. The molecule has 1 aromatic rings. The van der Waals surface area contributed by atoms with Crippen LogP contribution >= 0.6 is 0 Å². The molecule has 104 valence electrons. The van der Waals surface area contributed by atoms with Crippen molar-refractivity contribution in [2.45, 2.75) is 44.8 Å². The second kappa shape index (κ2) is 4.96. The van der Waals surface area contributed by atoms with E-state index in [9.17, 15) is 4.79 Å². The summed E-state index contributed by atoms with van der Waals surface area (Å²) in [6.07, 6.45) is 8.11. The van der Waals surface area contributed by atoms with Crippen LogP contribution in [0.2, 0.25) is 0 Å². The quantitative estimate of drug-likeness (QED) is 0.815. The van der Waals surface area contributed by atoms with E-state index in [0.717, 1.165) is 25.9 Å². The van der Waals surface area contributed by atoms with Crippen molar-refractivity contribution < 1.29 is 9.53 Å². The molecule has 1 aliphatic carbocycles. The highest BCUT2D eigenvalue weighted by atomic mass is 16.5. The first-order chi connectivity index (χ1) is 9.22. The zero-order valence-electron chi connectivity index (χ0n) is 11.5. The zero-order chi connectivity index (χ0) is 13.3. The summed E-state index contributed by atoms with van der Waals surface area (Å²) < 4.78 is 7.75. The number of carbonyl (C=O) groups excluding carboxylic acids is 1. The fourth-order valence-corrected chi connectivity index (χ4v) is 3.17. The normalized spacial score (nSPS) is 22.1. The molecule has 1 aromatic heterocycles. The van der Waals surface area contributed by atoms with E-state index in [0.29, 0.717) is 18.7 Å². The highest BCUT2D eigenvalue weighted by Crippen LogP contribution is 2.36. The Kier molecular flexibility index (Phi) is 3.31. The number of hydrogen-bond acceptors (Lipinski definition) is 3. The van der Waals surface area contributed by atoms with Crippen LogP contribution in [0.5, 0.6) is 0 Å². The summed E-state index contributed by atoms with van der Waals surface area (Å²) in [5.41, 5.74) is 0.631.